The van der Waals surface area contributed by atoms with Crippen molar-refractivity contribution in [2.45, 2.75) is 13.0 Å². The number of carbonyl (C=O) groups is 1. The molecule has 0 fully saturated rings. The molecule has 134 valence electrons. The third-order valence-electron chi connectivity index (χ3n) is 3.31. The zero-order valence-corrected chi connectivity index (χ0v) is 14.6. The van der Waals surface area contributed by atoms with Crippen molar-refractivity contribution < 1.29 is 22.7 Å². The molecule has 0 aliphatic rings. The summed E-state index contributed by atoms with van der Waals surface area (Å²) in [5.41, 5.74) is 1.62. The SMILES string of the molecule is COc1ccccc1CCNS(=O)(=O)NC(=O)OCc1ccccc1. The van der Waals surface area contributed by atoms with Crippen LogP contribution >= 0.6 is 0 Å². The smallest absolute Gasteiger partial charge is 0.422 e. The fraction of sp³-hybridized carbons (Fsp3) is 0.235. The van der Waals surface area contributed by atoms with Crippen LogP contribution in [0.1, 0.15) is 11.1 Å². The molecule has 0 atom stereocenters. The molecule has 0 saturated carbocycles. The van der Waals surface area contributed by atoms with Gasteiger partial charge in [0.05, 0.1) is 7.11 Å². The second kappa shape index (κ2) is 9.05. The molecule has 0 unspecified atom stereocenters. The van der Waals surface area contributed by atoms with Crippen molar-refractivity contribution in [3.05, 3.63) is 65.7 Å². The van der Waals surface area contributed by atoms with Crippen LogP contribution in [0.2, 0.25) is 0 Å². The van der Waals surface area contributed by atoms with E-state index in [0.717, 1.165) is 11.1 Å². The van der Waals surface area contributed by atoms with Crippen molar-refractivity contribution in [1.29, 1.82) is 0 Å². The maximum atomic E-state index is 11.8. The Kier molecular flexibility index (Phi) is 6.79. The van der Waals surface area contributed by atoms with Gasteiger partial charge in [-0.3, -0.25) is 0 Å². The van der Waals surface area contributed by atoms with Crippen LogP contribution in [0.15, 0.2) is 54.6 Å². The third-order valence-corrected chi connectivity index (χ3v) is 4.33. The van der Waals surface area contributed by atoms with E-state index in [2.05, 4.69) is 4.72 Å². The molecule has 1 amide bonds. The maximum absolute atomic E-state index is 11.8. The first-order valence-corrected chi connectivity index (χ1v) is 9.08. The van der Waals surface area contributed by atoms with Gasteiger partial charge < -0.3 is 9.47 Å². The van der Waals surface area contributed by atoms with Gasteiger partial charge in [0.25, 0.3) is 0 Å². The Morgan fingerprint density at radius 2 is 1.72 bits per heavy atom. The van der Waals surface area contributed by atoms with E-state index in [0.29, 0.717) is 12.2 Å². The zero-order valence-electron chi connectivity index (χ0n) is 13.8. The molecular formula is C17H20N2O5S. The van der Waals surface area contributed by atoms with Gasteiger partial charge in [0, 0.05) is 6.54 Å². The van der Waals surface area contributed by atoms with Crippen molar-refractivity contribution in [1.82, 2.24) is 9.44 Å². The van der Waals surface area contributed by atoms with Gasteiger partial charge in [0.1, 0.15) is 12.4 Å². The number of benzene rings is 2. The van der Waals surface area contributed by atoms with E-state index < -0.39 is 16.3 Å². The predicted molar refractivity (Wildman–Crippen MR) is 93.4 cm³/mol. The van der Waals surface area contributed by atoms with Gasteiger partial charge in [0.15, 0.2) is 0 Å². The van der Waals surface area contributed by atoms with Gasteiger partial charge in [0.2, 0.25) is 0 Å². The second-order valence-electron chi connectivity index (χ2n) is 5.12. The van der Waals surface area contributed by atoms with Crippen LogP contribution in [-0.2, 0) is 28.0 Å². The number of hydrogen-bond acceptors (Lipinski definition) is 5. The Labute approximate surface area is 147 Å². The number of methoxy groups -OCH3 is 1. The van der Waals surface area contributed by atoms with Gasteiger partial charge >= 0.3 is 16.3 Å². The summed E-state index contributed by atoms with van der Waals surface area (Å²) < 4.78 is 37.9. The number of ether oxygens (including phenoxy) is 2. The van der Waals surface area contributed by atoms with Crippen LogP contribution in [0, 0.1) is 0 Å². The van der Waals surface area contributed by atoms with Crippen LogP contribution < -0.4 is 14.2 Å². The van der Waals surface area contributed by atoms with Crippen LogP contribution in [-0.4, -0.2) is 28.2 Å². The first kappa shape index (κ1) is 18.8. The Morgan fingerprint density at radius 3 is 2.44 bits per heavy atom. The lowest BCUT2D eigenvalue weighted by atomic mass is 10.1. The fourth-order valence-electron chi connectivity index (χ4n) is 2.13. The highest BCUT2D eigenvalue weighted by Crippen LogP contribution is 2.17. The van der Waals surface area contributed by atoms with Crippen molar-refractivity contribution in [3.8, 4) is 5.75 Å². The molecule has 0 spiro atoms. The Hall–Kier alpha value is -2.58. The Bertz CT molecular complexity index is 794. The number of carbonyl (C=O) groups excluding carboxylic acids is 1. The molecule has 2 aromatic carbocycles. The summed E-state index contributed by atoms with van der Waals surface area (Å²) >= 11 is 0. The van der Waals surface area contributed by atoms with Crippen molar-refractivity contribution in [2.75, 3.05) is 13.7 Å². The van der Waals surface area contributed by atoms with E-state index in [1.807, 2.05) is 29.0 Å². The van der Waals surface area contributed by atoms with Crippen LogP contribution in [0.5, 0.6) is 5.75 Å². The number of amides is 1. The Morgan fingerprint density at radius 1 is 1.04 bits per heavy atom. The molecule has 25 heavy (non-hydrogen) atoms. The van der Waals surface area contributed by atoms with Gasteiger partial charge in [-0.25, -0.2) is 9.52 Å². The summed E-state index contributed by atoms with van der Waals surface area (Å²) in [6.07, 6.45) is -0.613. The van der Waals surface area contributed by atoms with Crippen molar-refractivity contribution >= 4 is 16.3 Å². The van der Waals surface area contributed by atoms with E-state index in [1.165, 1.54) is 0 Å². The zero-order chi connectivity index (χ0) is 18.1. The van der Waals surface area contributed by atoms with Gasteiger partial charge in [-0.1, -0.05) is 48.5 Å². The number of nitrogens with one attached hydrogen (secondary N) is 2. The maximum Gasteiger partial charge on any atom is 0.422 e. The molecule has 0 bridgehead atoms. The number of para-hydroxylation sites is 1. The van der Waals surface area contributed by atoms with E-state index in [-0.39, 0.29) is 13.2 Å². The lowest BCUT2D eigenvalue weighted by molar-refractivity contribution is 0.146. The van der Waals surface area contributed by atoms with Gasteiger partial charge in [-0.15, -0.1) is 0 Å². The molecule has 0 aliphatic carbocycles. The molecule has 7 nitrogen and oxygen atoms in total. The molecule has 0 saturated heterocycles. The molecule has 2 aromatic rings. The molecule has 2 N–H and O–H groups in total. The number of hydrogen-bond donors (Lipinski definition) is 2. The number of rotatable bonds is 8. The minimum Gasteiger partial charge on any atom is -0.496 e. The second-order valence-corrected chi connectivity index (χ2v) is 6.62. The minimum absolute atomic E-state index is 0.0105. The first-order chi connectivity index (χ1) is 12.0. The third kappa shape index (κ3) is 6.44. The minimum atomic E-state index is -3.99. The summed E-state index contributed by atoms with van der Waals surface area (Å²) in [6, 6.07) is 16.3. The average molecular weight is 364 g/mol. The normalized spacial score (nSPS) is 10.9. The molecule has 0 heterocycles. The monoisotopic (exact) mass is 364 g/mol. The first-order valence-electron chi connectivity index (χ1n) is 7.60. The highest BCUT2D eigenvalue weighted by Gasteiger charge is 2.15. The van der Waals surface area contributed by atoms with Gasteiger partial charge in [-0.05, 0) is 23.6 Å². The van der Waals surface area contributed by atoms with E-state index >= 15 is 0 Å². The fourth-order valence-corrected chi connectivity index (χ4v) is 2.85. The average Bonchev–Trinajstić information content (AvgIpc) is 2.61. The molecule has 2 rings (SSSR count). The van der Waals surface area contributed by atoms with E-state index in [1.54, 1.807) is 37.4 Å². The molecule has 8 heteroatoms. The topological polar surface area (TPSA) is 93.7 Å². The van der Waals surface area contributed by atoms with Crippen LogP contribution in [0.25, 0.3) is 0 Å². The van der Waals surface area contributed by atoms with Crippen molar-refractivity contribution in [3.63, 3.8) is 0 Å². The predicted octanol–water partition coefficient (Wildman–Crippen LogP) is 2.00. The summed E-state index contributed by atoms with van der Waals surface area (Å²) in [4.78, 5) is 11.6. The standard InChI is InChI=1S/C17H20N2O5S/c1-23-16-10-6-5-9-15(16)11-12-18-25(21,22)19-17(20)24-13-14-7-3-2-4-8-14/h2-10,18H,11-13H2,1H3,(H,19,20). The molecule has 0 aliphatic heterocycles. The highest BCUT2D eigenvalue weighted by atomic mass is 32.2. The summed E-state index contributed by atoms with van der Waals surface area (Å²) in [6.45, 7) is 0.102. The molecule has 0 aromatic heterocycles. The summed E-state index contributed by atoms with van der Waals surface area (Å²) in [5, 5.41) is 0. The van der Waals surface area contributed by atoms with Gasteiger partial charge in [-0.2, -0.15) is 13.1 Å². The van der Waals surface area contributed by atoms with Crippen LogP contribution in [0.3, 0.4) is 0 Å². The van der Waals surface area contributed by atoms with E-state index in [9.17, 15) is 13.2 Å². The highest BCUT2D eigenvalue weighted by molar-refractivity contribution is 7.88. The van der Waals surface area contributed by atoms with Crippen LogP contribution in [0.4, 0.5) is 4.79 Å². The lowest BCUT2D eigenvalue weighted by Crippen LogP contribution is -2.41. The largest absolute Gasteiger partial charge is 0.496 e. The summed E-state index contributed by atoms with van der Waals surface area (Å²) in [5.74, 6) is 0.678. The molecular weight excluding hydrogens is 344 g/mol. The lowest BCUT2D eigenvalue weighted by Gasteiger charge is -2.10. The van der Waals surface area contributed by atoms with Crippen molar-refractivity contribution in [2.24, 2.45) is 0 Å². The van der Waals surface area contributed by atoms with E-state index in [4.69, 9.17) is 9.47 Å². The Balaban J connectivity index is 1.78. The quantitative estimate of drug-likeness (QED) is 0.747. The summed E-state index contributed by atoms with van der Waals surface area (Å²) in [7, 11) is -2.44. The molecule has 0 radical (unpaired) electrons.